The van der Waals surface area contributed by atoms with E-state index >= 15 is 0 Å². The molecule has 28 heavy (non-hydrogen) atoms. The third-order valence-corrected chi connectivity index (χ3v) is 4.86. The summed E-state index contributed by atoms with van der Waals surface area (Å²) in [5, 5.41) is 30.9. The number of amidine groups is 1. The second-order valence-electron chi connectivity index (χ2n) is 7.24. The van der Waals surface area contributed by atoms with Crippen LogP contribution in [0.25, 0.3) is 0 Å². The van der Waals surface area contributed by atoms with Crippen LogP contribution in [0.4, 0.5) is 0 Å². The first-order valence-corrected chi connectivity index (χ1v) is 9.57. The van der Waals surface area contributed by atoms with E-state index in [0.717, 1.165) is 12.3 Å². The molecule has 11 heteroatoms. The second-order valence-corrected chi connectivity index (χ2v) is 7.24. The number of likely N-dealkylation sites (tertiary alicyclic amines) is 1. The molecule has 0 bridgehead atoms. The zero-order chi connectivity index (χ0) is 20.7. The molecule has 1 fully saturated rings. The van der Waals surface area contributed by atoms with E-state index in [1.807, 2.05) is 4.90 Å². The normalized spacial score (nSPS) is 25.0. The molecule has 2 aliphatic rings. The first-order valence-electron chi connectivity index (χ1n) is 9.57. The van der Waals surface area contributed by atoms with Gasteiger partial charge in [-0.1, -0.05) is 0 Å². The molecule has 0 radical (unpaired) electrons. The maximum atomic E-state index is 10.8. The minimum Gasteiger partial charge on any atom is -0.480 e. The number of rotatable bonds is 11. The summed E-state index contributed by atoms with van der Waals surface area (Å²) in [4.78, 5) is 32.3. The van der Waals surface area contributed by atoms with Gasteiger partial charge in [0.25, 0.3) is 0 Å². The van der Waals surface area contributed by atoms with E-state index in [0.29, 0.717) is 57.7 Å². The molecule has 8 N–H and O–H groups in total. The zero-order valence-electron chi connectivity index (χ0n) is 15.8. The van der Waals surface area contributed by atoms with Gasteiger partial charge in [0.1, 0.15) is 17.9 Å². The molecule has 0 spiro atoms. The molecule has 2 aliphatic heterocycles. The number of nitrogens with zero attached hydrogens (tertiary/aromatic N) is 3. The Kier molecular flexibility index (Phi) is 8.15. The lowest BCUT2D eigenvalue weighted by molar-refractivity contribution is -0.139. The number of aliphatic hydroxyl groups excluding tert-OH is 1. The topological polar surface area (TPSA) is 187 Å². The van der Waals surface area contributed by atoms with Gasteiger partial charge in [-0.15, -0.1) is 0 Å². The number of aliphatic carboxylic acids is 2. The van der Waals surface area contributed by atoms with Crippen molar-refractivity contribution in [2.75, 3.05) is 19.6 Å². The van der Waals surface area contributed by atoms with Crippen LogP contribution < -0.4 is 16.8 Å². The fourth-order valence-corrected chi connectivity index (χ4v) is 3.29. The van der Waals surface area contributed by atoms with Gasteiger partial charge < -0.3 is 37.0 Å². The maximum Gasteiger partial charge on any atom is 0.320 e. The number of carboxylic acids is 2. The van der Waals surface area contributed by atoms with Gasteiger partial charge in [-0.2, -0.15) is 4.99 Å². The third kappa shape index (κ3) is 6.43. The van der Waals surface area contributed by atoms with E-state index in [1.54, 1.807) is 0 Å². The number of carbonyl (C=O) groups is 2. The predicted octanol–water partition coefficient (Wildman–Crippen LogP) is -1.45. The number of aliphatic hydroxyl groups is 1. The van der Waals surface area contributed by atoms with Gasteiger partial charge in [-0.3, -0.25) is 14.6 Å². The number of unbranched alkanes of at least 4 members (excludes halogenated alkanes) is 1. The molecule has 0 aromatic heterocycles. The third-order valence-electron chi connectivity index (χ3n) is 4.86. The van der Waals surface area contributed by atoms with Crippen molar-refractivity contribution < 1.29 is 24.9 Å². The van der Waals surface area contributed by atoms with Crippen molar-refractivity contribution in [2.45, 2.75) is 62.8 Å². The SMILES string of the molecule is NC(CCCCN1C[C@H](O)C[C@@H]2NC(=NCCCC(N)C(=O)O)N=C21)C(=O)O. The fourth-order valence-electron chi connectivity index (χ4n) is 3.29. The molecular formula is C17H30N6O5. The van der Waals surface area contributed by atoms with E-state index in [4.69, 9.17) is 21.7 Å². The van der Waals surface area contributed by atoms with Crippen LogP contribution in [-0.2, 0) is 9.59 Å². The molecule has 4 atom stereocenters. The maximum absolute atomic E-state index is 10.8. The van der Waals surface area contributed by atoms with Gasteiger partial charge in [0.2, 0.25) is 5.96 Å². The highest BCUT2D eigenvalue weighted by molar-refractivity contribution is 6.06. The minimum atomic E-state index is -1.02. The van der Waals surface area contributed by atoms with Crippen molar-refractivity contribution in [3.05, 3.63) is 0 Å². The number of nitrogens with one attached hydrogen (secondary N) is 1. The Labute approximate surface area is 163 Å². The highest BCUT2D eigenvalue weighted by Gasteiger charge is 2.35. The summed E-state index contributed by atoms with van der Waals surface area (Å²) in [5.41, 5.74) is 11.0. The summed E-state index contributed by atoms with van der Waals surface area (Å²) in [7, 11) is 0. The lowest BCUT2D eigenvalue weighted by atomic mass is 10.0. The highest BCUT2D eigenvalue weighted by atomic mass is 16.4. The van der Waals surface area contributed by atoms with Gasteiger partial charge in [-0.05, 0) is 32.1 Å². The number of fused-ring (bicyclic) bond motifs is 1. The Hall–Kier alpha value is -2.24. The lowest BCUT2D eigenvalue weighted by Crippen LogP contribution is -2.52. The molecule has 0 amide bonds. The van der Waals surface area contributed by atoms with Gasteiger partial charge in [0.05, 0.1) is 12.1 Å². The number of guanidine groups is 1. The number of carboxylic acid groups (broad SMARTS) is 2. The predicted molar refractivity (Wildman–Crippen MR) is 103 cm³/mol. The van der Waals surface area contributed by atoms with Crippen LogP contribution in [0.1, 0.15) is 38.5 Å². The van der Waals surface area contributed by atoms with Gasteiger partial charge in [0.15, 0.2) is 0 Å². The summed E-state index contributed by atoms with van der Waals surface area (Å²) >= 11 is 0. The largest absolute Gasteiger partial charge is 0.480 e. The number of β-amino-alcohol motifs (C(OH)–C–C–N with tert-alkyl or cyclic N) is 1. The van der Waals surface area contributed by atoms with E-state index in [9.17, 15) is 14.7 Å². The van der Waals surface area contributed by atoms with Crippen molar-refractivity contribution in [2.24, 2.45) is 21.5 Å². The fraction of sp³-hybridized carbons (Fsp3) is 0.765. The molecule has 2 unspecified atom stereocenters. The minimum absolute atomic E-state index is 0.106. The Bertz CT molecular complexity index is 625. The first-order chi connectivity index (χ1) is 13.3. The molecule has 0 aromatic carbocycles. The van der Waals surface area contributed by atoms with Crippen LogP contribution in [0.2, 0.25) is 0 Å². The Morgan fingerprint density at radius 3 is 2.46 bits per heavy atom. The summed E-state index contributed by atoms with van der Waals surface area (Å²) < 4.78 is 0. The van der Waals surface area contributed by atoms with Gasteiger partial charge >= 0.3 is 11.9 Å². The zero-order valence-corrected chi connectivity index (χ0v) is 15.8. The van der Waals surface area contributed by atoms with Crippen molar-refractivity contribution in [1.82, 2.24) is 10.2 Å². The van der Waals surface area contributed by atoms with Crippen LogP contribution in [0.3, 0.4) is 0 Å². The van der Waals surface area contributed by atoms with Crippen molar-refractivity contribution >= 4 is 23.7 Å². The van der Waals surface area contributed by atoms with Crippen molar-refractivity contribution in [1.29, 1.82) is 0 Å². The monoisotopic (exact) mass is 398 g/mol. The molecule has 158 valence electrons. The number of piperidine rings is 1. The Balaban J connectivity index is 1.84. The van der Waals surface area contributed by atoms with E-state index < -0.39 is 30.1 Å². The second kappa shape index (κ2) is 10.3. The van der Waals surface area contributed by atoms with Gasteiger partial charge in [-0.25, -0.2) is 0 Å². The van der Waals surface area contributed by atoms with Crippen LogP contribution in [0.5, 0.6) is 0 Å². The molecule has 0 saturated carbocycles. The van der Waals surface area contributed by atoms with Gasteiger partial charge in [0, 0.05) is 26.1 Å². The van der Waals surface area contributed by atoms with E-state index in [1.165, 1.54) is 0 Å². The first kappa shape index (κ1) is 22.1. The van der Waals surface area contributed by atoms with Crippen LogP contribution in [0.15, 0.2) is 9.98 Å². The molecular weight excluding hydrogens is 368 g/mol. The number of aliphatic imine (C=N–C) groups is 2. The van der Waals surface area contributed by atoms with Crippen molar-refractivity contribution in [3.63, 3.8) is 0 Å². The average molecular weight is 398 g/mol. The molecule has 2 heterocycles. The molecule has 0 aliphatic carbocycles. The summed E-state index contributed by atoms with van der Waals surface area (Å²) in [6.45, 7) is 1.55. The summed E-state index contributed by atoms with van der Waals surface area (Å²) in [6.07, 6.45) is 2.79. The summed E-state index contributed by atoms with van der Waals surface area (Å²) in [5.74, 6) is -0.709. The van der Waals surface area contributed by atoms with Crippen LogP contribution in [0, 0.1) is 0 Å². The summed E-state index contributed by atoms with van der Waals surface area (Å²) in [6, 6.07) is -1.84. The van der Waals surface area contributed by atoms with Crippen molar-refractivity contribution in [3.8, 4) is 0 Å². The quantitative estimate of drug-likeness (QED) is 0.226. The smallest absolute Gasteiger partial charge is 0.320 e. The number of hydrogen-bond acceptors (Lipinski definition) is 7. The molecule has 11 nitrogen and oxygen atoms in total. The van der Waals surface area contributed by atoms with E-state index in [2.05, 4.69) is 15.3 Å². The highest BCUT2D eigenvalue weighted by Crippen LogP contribution is 2.19. The average Bonchev–Trinajstić information content (AvgIpc) is 3.04. The molecule has 1 saturated heterocycles. The lowest BCUT2D eigenvalue weighted by Gasteiger charge is -2.35. The standard InChI is InChI=1S/C17H30N6O5/c18-11(15(25)26)4-1-2-7-23-9-10(24)8-13-14(23)22-17(21-13)20-6-3-5-12(19)16(27)28/h10-13,24H,1-9,18-19H2,(H,20,21)(H,25,26)(H,27,28)/t10-,11?,12?,13+/m1/s1. The molecule has 0 aromatic rings. The number of nitrogens with two attached hydrogens (primary N) is 2. The number of hydrogen-bond donors (Lipinski definition) is 6. The molecule has 2 rings (SSSR count). The van der Waals surface area contributed by atoms with E-state index in [-0.39, 0.29) is 6.04 Å². The Morgan fingerprint density at radius 1 is 1.18 bits per heavy atom. The Morgan fingerprint density at radius 2 is 1.82 bits per heavy atom. The van der Waals surface area contributed by atoms with Crippen LogP contribution >= 0.6 is 0 Å². The van der Waals surface area contributed by atoms with Crippen LogP contribution in [-0.4, -0.2) is 87.8 Å².